The molecule has 1 N–H and O–H groups in total. The van der Waals surface area contributed by atoms with E-state index in [0.717, 1.165) is 29.7 Å². The molecule has 0 radical (unpaired) electrons. The standard InChI is InChI=1S/C24H20F3N3O4/c25-24(26,27)33-20-9-6-18(7-10-20)22-28-23(34-29-22)19-8-11-21(32)30(15-19)14-17-4-1-3-16(13-17)5-2-12-31/h1,3-4,6-11,13,15,31H,2,5,12,14H2. The van der Waals surface area contributed by atoms with Gasteiger partial charge in [-0.2, -0.15) is 4.98 Å². The van der Waals surface area contributed by atoms with E-state index in [4.69, 9.17) is 9.63 Å². The van der Waals surface area contributed by atoms with Crippen LogP contribution < -0.4 is 10.3 Å². The second-order valence-corrected chi connectivity index (χ2v) is 7.53. The number of ether oxygens (including phenoxy) is 1. The number of alkyl halides is 3. The Labute approximate surface area is 192 Å². The molecule has 0 saturated carbocycles. The molecule has 0 amide bonds. The summed E-state index contributed by atoms with van der Waals surface area (Å²) in [4.78, 5) is 16.7. The number of aliphatic hydroxyl groups is 1. The molecule has 0 aliphatic heterocycles. The zero-order valence-corrected chi connectivity index (χ0v) is 17.8. The molecule has 4 aromatic rings. The number of benzene rings is 2. The Morgan fingerprint density at radius 3 is 2.47 bits per heavy atom. The number of hydrogen-bond donors (Lipinski definition) is 1. The van der Waals surface area contributed by atoms with Crippen LogP contribution in [0.25, 0.3) is 22.8 Å². The van der Waals surface area contributed by atoms with Gasteiger partial charge in [-0.05, 0) is 54.3 Å². The number of rotatable bonds is 8. The van der Waals surface area contributed by atoms with E-state index in [1.807, 2.05) is 24.3 Å². The van der Waals surface area contributed by atoms with Gasteiger partial charge in [0.1, 0.15) is 5.75 Å². The fourth-order valence-electron chi connectivity index (χ4n) is 3.41. The minimum Gasteiger partial charge on any atom is -0.406 e. The van der Waals surface area contributed by atoms with Crippen LogP contribution in [0.5, 0.6) is 5.75 Å². The van der Waals surface area contributed by atoms with E-state index in [9.17, 15) is 18.0 Å². The second kappa shape index (κ2) is 9.92. The van der Waals surface area contributed by atoms with Crippen molar-refractivity contribution >= 4 is 0 Å². The molecule has 2 heterocycles. The number of aryl methyl sites for hydroxylation is 1. The SMILES string of the molecule is O=c1ccc(-c2nc(-c3ccc(OC(F)(F)F)cc3)no2)cn1Cc1cccc(CCCO)c1. The maximum atomic E-state index is 12.4. The average molecular weight is 471 g/mol. The van der Waals surface area contributed by atoms with Gasteiger partial charge in [-0.25, -0.2) is 0 Å². The summed E-state index contributed by atoms with van der Waals surface area (Å²) in [5, 5.41) is 12.9. The normalized spacial score (nSPS) is 11.5. The van der Waals surface area contributed by atoms with Crippen molar-refractivity contribution in [3.05, 3.63) is 88.3 Å². The van der Waals surface area contributed by atoms with Crippen LogP contribution in [0.3, 0.4) is 0 Å². The first-order valence-corrected chi connectivity index (χ1v) is 10.4. The Hall–Kier alpha value is -3.92. The Morgan fingerprint density at radius 2 is 1.74 bits per heavy atom. The van der Waals surface area contributed by atoms with E-state index in [-0.39, 0.29) is 29.6 Å². The number of halogens is 3. The molecule has 0 atom stereocenters. The van der Waals surface area contributed by atoms with Crippen molar-refractivity contribution in [2.45, 2.75) is 25.7 Å². The number of hydrogen-bond acceptors (Lipinski definition) is 6. The monoisotopic (exact) mass is 471 g/mol. The Kier molecular flexibility index (Phi) is 6.78. The second-order valence-electron chi connectivity index (χ2n) is 7.53. The van der Waals surface area contributed by atoms with Crippen molar-refractivity contribution in [1.29, 1.82) is 0 Å². The highest BCUT2D eigenvalue weighted by molar-refractivity contribution is 5.60. The van der Waals surface area contributed by atoms with Crippen molar-refractivity contribution in [2.24, 2.45) is 0 Å². The van der Waals surface area contributed by atoms with E-state index >= 15 is 0 Å². The Balaban J connectivity index is 1.53. The molecule has 2 aromatic carbocycles. The molecule has 4 rings (SSSR count). The first-order chi connectivity index (χ1) is 16.3. The predicted octanol–water partition coefficient (Wildman–Crippen LogP) is 4.44. The van der Waals surface area contributed by atoms with E-state index in [1.54, 1.807) is 12.3 Å². The predicted molar refractivity (Wildman–Crippen MR) is 117 cm³/mol. The number of aliphatic hydroxyl groups excluding tert-OH is 1. The minimum absolute atomic E-state index is 0.114. The molecule has 2 aromatic heterocycles. The lowest BCUT2D eigenvalue weighted by atomic mass is 10.1. The maximum Gasteiger partial charge on any atom is 0.573 e. The first kappa shape index (κ1) is 23.2. The summed E-state index contributed by atoms with van der Waals surface area (Å²) >= 11 is 0. The van der Waals surface area contributed by atoms with Gasteiger partial charge in [0, 0.05) is 24.4 Å². The molecule has 0 bridgehead atoms. The van der Waals surface area contributed by atoms with Gasteiger partial charge in [0.05, 0.1) is 12.1 Å². The van der Waals surface area contributed by atoms with Gasteiger partial charge in [-0.15, -0.1) is 13.2 Å². The van der Waals surface area contributed by atoms with Crippen molar-refractivity contribution in [1.82, 2.24) is 14.7 Å². The van der Waals surface area contributed by atoms with E-state index < -0.39 is 6.36 Å². The molecule has 34 heavy (non-hydrogen) atoms. The van der Waals surface area contributed by atoms with E-state index in [2.05, 4.69) is 14.9 Å². The summed E-state index contributed by atoms with van der Waals surface area (Å²) < 4.78 is 47.7. The number of pyridine rings is 1. The summed E-state index contributed by atoms with van der Waals surface area (Å²) in [7, 11) is 0. The molecule has 176 valence electrons. The highest BCUT2D eigenvalue weighted by Crippen LogP contribution is 2.26. The summed E-state index contributed by atoms with van der Waals surface area (Å²) in [6.07, 6.45) is -1.76. The van der Waals surface area contributed by atoms with Crippen molar-refractivity contribution in [3.63, 3.8) is 0 Å². The average Bonchev–Trinajstić information content (AvgIpc) is 3.29. The molecule has 0 aliphatic rings. The largest absolute Gasteiger partial charge is 0.573 e. The molecule has 0 unspecified atom stereocenters. The lowest BCUT2D eigenvalue weighted by Gasteiger charge is -2.09. The third-order valence-electron chi connectivity index (χ3n) is 4.97. The van der Waals surface area contributed by atoms with Crippen LogP contribution >= 0.6 is 0 Å². The molecule has 7 nitrogen and oxygen atoms in total. The Morgan fingerprint density at radius 1 is 1.00 bits per heavy atom. The van der Waals surface area contributed by atoms with Gasteiger partial charge < -0.3 is 18.9 Å². The zero-order valence-electron chi connectivity index (χ0n) is 17.8. The van der Waals surface area contributed by atoms with Crippen LogP contribution in [0.15, 0.2) is 76.2 Å². The third-order valence-corrected chi connectivity index (χ3v) is 4.97. The van der Waals surface area contributed by atoms with E-state index in [1.165, 1.54) is 22.8 Å². The molecular formula is C24H20F3N3O4. The van der Waals surface area contributed by atoms with Crippen molar-refractivity contribution < 1.29 is 27.5 Å². The lowest BCUT2D eigenvalue weighted by Crippen LogP contribution is -2.19. The quantitative estimate of drug-likeness (QED) is 0.409. The minimum atomic E-state index is -4.77. The summed E-state index contributed by atoms with van der Waals surface area (Å²) in [5.74, 6) is -0.00793. The van der Waals surface area contributed by atoms with Crippen LogP contribution in [0.1, 0.15) is 17.5 Å². The van der Waals surface area contributed by atoms with Crippen molar-refractivity contribution in [2.75, 3.05) is 6.61 Å². The zero-order chi connectivity index (χ0) is 24.1. The highest BCUT2D eigenvalue weighted by Gasteiger charge is 2.31. The maximum absolute atomic E-state index is 12.4. The molecule has 0 aliphatic carbocycles. The third kappa shape index (κ3) is 5.90. The summed E-state index contributed by atoms with van der Waals surface area (Å²) in [6, 6.07) is 15.9. The van der Waals surface area contributed by atoms with Gasteiger partial charge in [-0.1, -0.05) is 29.4 Å². The van der Waals surface area contributed by atoms with Crippen LogP contribution in [0.4, 0.5) is 13.2 Å². The summed E-state index contributed by atoms with van der Waals surface area (Å²) in [6.45, 7) is 0.449. The van der Waals surface area contributed by atoms with Crippen LogP contribution in [-0.4, -0.2) is 32.8 Å². The van der Waals surface area contributed by atoms with Gasteiger partial charge >= 0.3 is 6.36 Å². The molecular weight excluding hydrogens is 451 g/mol. The van der Waals surface area contributed by atoms with Crippen LogP contribution in [0.2, 0.25) is 0 Å². The fourth-order valence-corrected chi connectivity index (χ4v) is 3.41. The number of aromatic nitrogens is 3. The lowest BCUT2D eigenvalue weighted by molar-refractivity contribution is -0.274. The highest BCUT2D eigenvalue weighted by atomic mass is 19.4. The van der Waals surface area contributed by atoms with E-state index in [0.29, 0.717) is 24.1 Å². The van der Waals surface area contributed by atoms with Gasteiger partial charge in [0.25, 0.3) is 11.4 Å². The molecule has 0 fully saturated rings. The van der Waals surface area contributed by atoms with Gasteiger partial charge in [0.15, 0.2) is 0 Å². The fraction of sp³-hybridized carbons (Fsp3) is 0.208. The molecule has 10 heteroatoms. The Bertz CT molecular complexity index is 1310. The first-order valence-electron chi connectivity index (χ1n) is 10.4. The number of nitrogens with zero attached hydrogens (tertiary/aromatic N) is 3. The van der Waals surface area contributed by atoms with Crippen LogP contribution in [0, 0.1) is 0 Å². The van der Waals surface area contributed by atoms with Gasteiger partial charge in [0.2, 0.25) is 5.82 Å². The van der Waals surface area contributed by atoms with Crippen LogP contribution in [-0.2, 0) is 13.0 Å². The van der Waals surface area contributed by atoms with Gasteiger partial charge in [-0.3, -0.25) is 4.79 Å². The topological polar surface area (TPSA) is 90.4 Å². The summed E-state index contributed by atoms with van der Waals surface area (Å²) in [5.41, 5.74) is 2.76. The molecule has 0 spiro atoms. The smallest absolute Gasteiger partial charge is 0.406 e. The molecule has 0 saturated heterocycles. The van der Waals surface area contributed by atoms with Crippen molar-refractivity contribution in [3.8, 4) is 28.6 Å².